The van der Waals surface area contributed by atoms with Crippen LogP contribution >= 0.6 is 0 Å². The molecule has 0 aliphatic rings. The SMILES string of the molecule is Cc1ccc(S(=O)(=O)OCCO[C@H](COC(c2ccccc2)(c2ccccc2)c2ccccc2)COS(=O)(=O)c2ccc(C)cc2)cc1. The first-order valence-electron chi connectivity index (χ1n) is 15.4. The van der Waals surface area contributed by atoms with Crippen molar-refractivity contribution in [2.24, 2.45) is 0 Å². The van der Waals surface area contributed by atoms with Crippen LogP contribution in [-0.4, -0.2) is 49.4 Å². The van der Waals surface area contributed by atoms with Gasteiger partial charge in [-0.1, -0.05) is 126 Å². The Balaban J connectivity index is 1.41. The van der Waals surface area contributed by atoms with Crippen LogP contribution in [0.1, 0.15) is 27.8 Å². The summed E-state index contributed by atoms with van der Waals surface area (Å²) in [6.07, 6.45) is -0.939. The van der Waals surface area contributed by atoms with Crippen LogP contribution in [0.5, 0.6) is 0 Å². The van der Waals surface area contributed by atoms with Gasteiger partial charge in [0.2, 0.25) is 0 Å². The molecule has 0 N–H and O–H groups in total. The Hall–Kier alpha value is -4.16. The summed E-state index contributed by atoms with van der Waals surface area (Å²) >= 11 is 0. The van der Waals surface area contributed by atoms with Crippen LogP contribution in [0.4, 0.5) is 0 Å². The van der Waals surface area contributed by atoms with E-state index in [2.05, 4.69) is 0 Å². The molecule has 0 spiro atoms. The van der Waals surface area contributed by atoms with Crippen molar-refractivity contribution >= 4 is 20.2 Å². The van der Waals surface area contributed by atoms with Gasteiger partial charge in [-0.15, -0.1) is 0 Å². The maximum Gasteiger partial charge on any atom is 0.297 e. The van der Waals surface area contributed by atoms with E-state index in [0.29, 0.717) is 0 Å². The summed E-state index contributed by atoms with van der Waals surface area (Å²) in [5.41, 5.74) is 3.26. The molecule has 10 heteroatoms. The Labute approximate surface area is 283 Å². The van der Waals surface area contributed by atoms with Gasteiger partial charge in [0.05, 0.1) is 36.2 Å². The van der Waals surface area contributed by atoms with Crippen molar-refractivity contribution in [1.82, 2.24) is 0 Å². The Morgan fingerprint density at radius 1 is 0.500 bits per heavy atom. The molecule has 0 saturated carbocycles. The number of rotatable bonds is 16. The smallest absolute Gasteiger partial charge is 0.297 e. The number of hydrogen-bond donors (Lipinski definition) is 0. The lowest BCUT2D eigenvalue weighted by Crippen LogP contribution is -2.38. The molecule has 0 aromatic heterocycles. The van der Waals surface area contributed by atoms with Gasteiger partial charge in [0.25, 0.3) is 20.2 Å². The first-order valence-corrected chi connectivity index (χ1v) is 18.3. The van der Waals surface area contributed by atoms with Gasteiger partial charge in [0.1, 0.15) is 11.7 Å². The number of aryl methyl sites for hydroxylation is 2. The molecule has 5 aromatic carbocycles. The van der Waals surface area contributed by atoms with Gasteiger partial charge in [0.15, 0.2) is 0 Å². The van der Waals surface area contributed by atoms with E-state index in [9.17, 15) is 16.8 Å². The van der Waals surface area contributed by atoms with Crippen LogP contribution in [0.25, 0.3) is 0 Å². The molecule has 0 bridgehead atoms. The molecule has 0 fully saturated rings. The van der Waals surface area contributed by atoms with Gasteiger partial charge >= 0.3 is 0 Å². The van der Waals surface area contributed by atoms with E-state index < -0.39 is 38.5 Å². The molecule has 1 atom stereocenters. The van der Waals surface area contributed by atoms with Crippen LogP contribution < -0.4 is 0 Å². The molecule has 0 unspecified atom stereocenters. The summed E-state index contributed by atoms with van der Waals surface area (Å²) in [4.78, 5) is 0.0337. The minimum Gasteiger partial charge on any atom is -0.371 e. The van der Waals surface area contributed by atoms with Gasteiger partial charge in [0, 0.05) is 0 Å². The lowest BCUT2D eigenvalue weighted by Gasteiger charge is -2.37. The van der Waals surface area contributed by atoms with Crippen LogP contribution in [-0.2, 0) is 43.7 Å². The fourth-order valence-electron chi connectivity index (χ4n) is 5.20. The molecule has 0 heterocycles. The van der Waals surface area contributed by atoms with Gasteiger partial charge in [-0.3, -0.25) is 8.37 Å². The molecule has 250 valence electrons. The lowest BCUT2D eigenvalue weighted by atomic mass is 9.80. The second kappa shape index (κ2) is 15.8. The van der Waals surface area contributed by atoms with Crippen molar-refractivity contribution in [3.8, 4) is 0 Å². The Morgan fingerprint density at radius 3 is 1.31 bits per heavy atom. The summed E-state index contributed by atoms with van der Waals surface area (Å²) in [6.45, 7) is 2.72. The van der Waals surface area contributed by atoms with Crippen LogP contribution in [0.2, 0.25) is 0 Å². The molecule has 0 saturated heterocycles. The average Bonchev–Trinajstić information content (AvgIpc) is 3.10. The fraction of sp³-hybridized carbons (Fsp3) is 0.211. The highest BCUT2D eigenvalue weighted by Crippen LogP contribution is 2.40. The van der Waals surface area contributed by atoms with Gasteiger partial charge in [-0.25, -0.2) is 0 Å². The third-order valence-electron chi connectivity index (χ3n) is 7.73. The lowest BCUT2D eigenvalue weighted by molar-refractivity contribution is -0.0804. The van der Waals surface area contributed by atoms with Crippen LogP contribution in [0.3, 0.4) is 0 Å². The summed E-state index contributed by atoms with van der Waals surface area (Å²) in [6, 6.07) is 41.8. The van der Waals surface area contributed by atoms with E-state index in [4.69, 9.17) is 17.8 Å². The zero-order valence-corrected chi connectivity index (χ0v) is 28.4. The summed E-state index contributed by atoms with van der Waals surface area (Å²) in [7, 11) is -8.17. The van der Waals surface area contributed by atoms with E-state index in [0.717, 1.165) is 27.8 Å². The first kappa shape index (κ1) is 35.2. The highest BCUT2D eigenvalue weighted by atomic mass is 32.2. The van der Waals surface area contributed by atoms with Crippen molar-refractivity contribution in [3.63, 3.8) is 0 Å². The Kier molecular flexibility index (Phi) is 11.6. The van der Waals surface area contributed by atoms with Crippen molar-refractivity contribution in [2.45, 2.75) is 35.3 Å². The number of hydrogen-bond acceptors (Lipinski definition) is 8. The Morgan fingerprint density at radius 2 is 0.896 bits per heavy atom. The van der Waals surface area contributed by atoms with Gasteiger partial charge in [-0.2, -0.15) is 16.8 Å². The maximum absolute atomic E-state index is 13.1. The minimum atomic E-state index is -4.14. The third-order valence-corrected chi connectivity index (χ3v) is 10.4. The second-order valence-electron chi connectivity index (χ2n) is 11.2. The van der Waals surface area contributed by atoms with E-state index in [1.807, 2.05) is 105 Å². The van der Waals surface area contributed by atoms with E-state index >= 15 is 0 Å². The fourth-order valence-corrected chi connectivity index (χ4v) is 7.03. The molecular weight excluding hydrogens is 649 g/mol. The zero-order valence-electron chi connectivity index (χ0n) is 26.8. The summed E-state index contributed by atoms with van der Waals surface area (Å²) in [5.74, 6) is 0. The summed E-state index contributed by atoms with van der Waals surface area (Å²) < 4.78 is 75.4. The predicted molar refractivity (Wildman–Crippen MR) is 184 cm³/mol. The Bertz CT molecular complexity index is 1850. The molecule has 5 rings (SSSR count). The summed E-state index contributed by atoms with van der Waals surface area (Å²) in [5, 5.41) is 0. The van der Waals surface area contributed by atoms with Gasteiger partial charge < -0.3 is 9.47 Å². The van der Waals surface area contributed by atoms with Crippen molar-refractivity contribution in [3.05, 3.63) is 167 Å². The molecule has 0 aliphatic carbocycles. The quantitative estimate of drug-likeness (QED) is 0.0634. The normalized spacial score (nSPS) is 12.9. The molecular formula is C38H38O8S2. The van der Waals surface area contributed by atoms with Crippen molar-refractivity contribution in [2.75, 3.05) is 26.4 Å². The van der Waals surface area contributed by atoms with Gasteiger partial charge in [-0.05, 0) is 54.8 Å². The zero-order chi connectivity index (χ0) is 34.0. The van der Waals surface area contributed by atoms with Crippen LogP contribution in [0.15, 0.2) is 149 Å². The molecule has 48 heavy (non-hydrogen) atoms. The maximum atomic E-state index is 13.1. The topological polar surface area (TPSA) is 105 Å². The number of benzene rings is 5. The van der Waals surface area contributed by atoms with E-state index in [-0.39, 0.29) is 29.6 Å². The molecule has 0 aliphatic heterocycles. The predicted octanol–water partition coefficient (Wildman–Crippen LogP) is 6.81. The number of ether oxygens (including phenoxy) is 2. The van der Waals surface area contributed by atoms with Crippen LogP contribution in [0, 0.1) is 13.8 Å². The highest BCUT2D eigenvalue weighted by molar-refractivity contribution is 7.87. The highest BCUT2D eigenvalue weighted by Gasteiger charge is 2.38. The monoisotopic (exact) mass is 686 g/mol. The molecule has 0 amide bonds. The van der Waals surface area contributed by atoms with Crippen molar-refractivity contribution in [1.29, 1.82) is 0 Å². The van der Waals surface area contributed by atoms with E-state index in [1.165, 1.54) is 24.3 Å². The molecule has 5 aromatic rings. The second-order valence-corrected chi connectivity index (χ2v) is 14.5. The largest absolute Gasteiger partial charge is 0.371 e. The standard InChI is InChI=1S/C38H38O8S2/c1-30-18-22-36(23-19-30)47(39,40)45-27-26-43-35(29-46-48(41,42)37-24-20-31(2)21-25-37)28-44-38(32-12-6-3-7-13-32,33-14-8-4-9-15-33)34-16-10-5-11-17-34/h3-25,35H,26-29H2,1-2H3/t35-/m1/s1. The average molecular weight is 687 g/mol. The third kappa shape index (κ3) is 8.65. The minimum absolute atomic E-state index is 0.00694. The molecule has 8 nitrogen and oxygen atoms in total. The first-order chi connectivity index (χ1) is 23.1. The van der Waals surface area contributed by atoms with E-state index in [1.54, 1.807) is 24.3 Å². The molecule has 0 radical (unpaired) electrons. The van der Waals surface area contributed by atoms with Crippen molar-refractivity contribution < 1.29 is 34.7 Å².